The van der Waals surface area contributed by atoms with Gasteiger partial charge in [-0.2, -0.15) is 0 Å². The van der Waals surface area contributed by atoms with E-state index in [4.69, 9.17) is 14.2 Å². The van der Waals surface area contributed by atoms with Gasteiger partial charge in [0.2, 0.25) is 0 Å². The van der Waals surface area contributed by atoms with Gasteiger partial charge in [-0.25, -0.2) is 0 Å². The van der Waals surface area contributed by atoms with Crippen LogP contribution in [0.5, 0.6) is 0 Å². The van der Waals surface area contributed by atoms with E-state index >= 15 is 0 Å². The lowest BCUT2D eigenvalue weighted by molar-refractivity contribution is -0.163. The predicted molar refractivity (Wildman–Crippen MR) is 242 cm³/mol. The van der Waals surface area contributed by atoms with Crippen LogP contribution in [0.2, 0.25) is 0 Å². The fourth-order valence-corrected chi connectivity index (χ4v) is 6.24. The topological polar surface area (TPSA) is 61.8 Å². The molecule has 0 radical (unpaired) electrons. The Morgan fingerprint density at radius 3 is 1.36 bits per heavy atom. The largest absolute Gasteiger partial charge is 0.462 e. The monoisotopic (exact) mass is 781 g/mol. The average Bonchev–Trinajstić information content (AvgIpc) is 3.20. The summed E-state index contributed by atoms with van der Waals surface area (Å²) in [5, 5.41) is 0. The summed E-state index contributed by atoms with van der Waals surface area (Å²) in [5.74, 6) is -0.433. The second-order valence-electron chi connectivity index (χ2n) is 15.3. The zero-order valence-electron chi connectivity index (χ0n) is 36.9. The Kier molecular flexibility index (Phi) is 44.5. The Balaban J connectivity index is 4.27. The van der Waals surface area contributed by atoms with Gasteiger partial charge in [0, 0.05) is 19.4 Å². The molecule has 5 nitrogen and oxygen atoms in total. The molecular formula is C51H88O5. The third kappa shape index (κ3) is 44.1. The average molecular weight is 781 g/mol. The molecule has 0 heterocycles. The standard InChI is InChI=1S/C51H88O5/c1-4-7-10-13-16-19-21-23-25-26-27-28-30-33-35-38-41-44-50(52)55-48-49(56-51(53)45-42-39-36-32-18-15-12-9-6-3)47-54-46-43-40-37-34-31-29-24-22-20-17-14-11-8-5-2/h7,10-11,14,16,19-20,22-23,25,27-28,49H,4-6,8-9,12-13,15,17-18,21,24,26,29-48H2,1-3H3/b10-7-,14-11-,19-16-,22-20-,25-23-,28-27-. The first-order valence-corrected chi connectivity index (χ1v) is 23.5. The van der Waals surface area contributed by atoms with E-state index in [0.29, 0.717) is 19.4 Å². The first-order chi connectivity index (χ1) is 27.6. The van der Waals surface area contributed by atoms with Crippen LogP contribution >= 0.6 is 0 Å². The second kappa shape index (κ2) is 46.7. The minimum atomic E-state index is -0.550. The zero-order valence-corrected chi connectivity index (χ0v) is 36.9. The molecule has 0 aromatic carbocycles. The van der Waals surface area contributed by atoms with Gasteiger partial charge in [0.15, 0.2) is 6.10 Å². The van der Waals surface area contributed by atoms with Gasteiger partial charge >= 0.3 is 11.9 Å². The minimum Gasteiger partial charge on any atom is -0.462 e. The third-order valence-corrected chi connectivity index (χ3v) is 9.71. The maximum atomic E-state index is 12.7. The summed E-state index contributed by atoms with van der Waals surface area (Å²) in [4.78, 5) is 25.2. The van der Waals surface area contributed by atoms with E-state index in [0.717, 1.165) is 89.9 Å². The molecule has 0 aliphatic rings. The molecule has 0 saturated heterocycles. The lowest BCUT2D eigenvalue weighted by Gasteiger charge is -2.18. The molecule has 0 aromatic rings. The number of carbonyl (C=O) groups is 2. The van der Waals surface area contributed by atoms with Gasteiger partial charge in [0.25, 0.3) is 0 Å². The van der Waals surface area contributed by atoms with Gasteiger partial charge in [-0.1, -0.05) is 190 Å². The smallest absolute Gasteiger partial charge is 0.306 e. The molecule has 0 spiro atoms. The summed E-state index contributed by atoms with van der Waals surface area (Å²) in [6.45, 7) is 7.59. The SMILES string of the molecule is CC/C=C\C/C=C\C/C=C\C/C=C\CCCCCCC(=O)OCC(COCCCCCCCC/C=C\C/C=C\CCC)OC(=O)CCCCCCCCCCC. The molecule has 5 heteroatoms. The van der Waals surface area contributed by atoms with Crippen molar-refractivity contribution in [1.82, 2.24) is 0 Å². The first kappa shape index (κ1) is 53.3. The Labute approximate surface area is 347 Å². The van der Waals surface area contributed by atoms with Crippen LogP contribution in [-0.4, -0.2) is 37.9 Å². The fourth-order valence-electron chi connectivity index (χ4n) is 6.24. The lowest BCUT2D eigenvalue weighted by Crippen LogP contribution is -2.30. The van der Waals surface area contributed by atoms with Crippen LogP contribution < -0.4 is 0 Å². The summed E-state index contributed by atoms with van der Waals surface area (Å²) in [7, 11) is 0. The van der Waals surface area contributed by atoms with Crippen LogP contribution in [0.25, 0.3) is 0 Å². The van der Waals surface area contributed by atoms with E-state index in [1.165, 1.54) is 89.9 Å². The van der Waals surface area contributed by atoms with E-state index in [2.05, 4.69) is 93.7 Å². The highest BCUT2D eigenvalue weighted by Gasteiger charge is 2.17. The Hall–Kier alpha value is -2.66. The van der Waals surface area contributed by atoms with Crippen LogP contribution in [0.1, 0.15) is 213 Å². The van der Waals surface area contributed by atoms with E-state index in [1.807, 2.05) is 0 Å². The summed E-state index contributed by atoms with van der Waals surface area (Å²) < 4.78 is 17.3. The highest BCUT2D eigenvalue weighted by Crippen LogP contribution is 2.13. The number of unbranched alkanes of at least 4 members (excludes halogenated alkanes) is 19. The molecule has 0 N–H and O–H groups in total. The Morgan fingerprint density at radius 1 is 0.411 bits per heavy atom. The van der Waals surface area contributed by atoms with Crippen LogP contribution in [0, 0.1) is 0 Å². The van der Waals surface area contributed by atoms with Crippen LogP contribution in [-0.2, 0) is 23.8 Å². The van der Waals surface area contributed by atoms with Gasteiger partial charge in [-0.3, -0.25) is 9.59 Å². The quantitative estimate of drug-likeness (QED) is 0.0351. The van der Waals surface area contributed by atoms with Gasteiger partial charge in [-0.05, 0) is 83.5 Å². The van der Waals surface area contributed by atoms with Crippen molar-refractivity contribution in [1.29, 1.82) is 0 Å². The van der Waals surface area contributed by atoms with Gasteiger partial charge in [0.1, 0.15) is 6.61 Å². The highest BCUT2D eigenvalue weighted by molar-refractivity contribution is 5.70. The predicted octanol–water partition coefficient (Wildman–Crippen LogP) is 15.6. The molecule has 1 atom stereocenters. The fraction of sp³-hybridized carbons (Fsp3) is 0.725. The molecule has 322 valence electrons. The van der Waals surface area contributed by atoms with Crippen molar-refractivity contribution in [2.24, 2.45) is 0 Å². The first-order valence-electron chi connectivity index (χ1n) is 23.5. The Bertz CT molecular complexity index is 1020. The number of rotatable bonds is 42. The van der Waals surface area contributed by atoms with Crippen molar-refractivity contribution in [3.05, 3.63) is 72.9 Å². The summed E-state index contributed by atoms with van der Waals surface area (Å²) >= 11 is 0. The number of hydrogen-bond donors (Lipinski definition) is 0. The van der Waals surface area contributed by atoms with Crippen molar-refractivity contribution >= 4 is 11.9 Å². The van der Waals surface area contributed by atoms with Crippen molar-refractivity contribution in [3.63, 3.8) is 0 Å². The lowest BCUT2D eigenvalue weighted by atomic mass is 10.1. The van der Waals surface area contributed by atoms with Crippen molar-refractivity contribution in [2.45, 2.75) is 219 Å². The number of carbonyl (C=O) groups excluding carboxylic acids is 2. The van der Waals surface area contributed by atoms with E-state index in [-0.39, 0.29) is 25.2 Å². The molecule has 0 aliphatic carbocycles. The molecule has 0 amide bonds. The number of esters is 2. The molecule has 0 aliphatic heterocycles. The van der Waals surface area contributed by atoms with E-state index < -0.39 is 6.10 Å². The van der Waals surface area contributed by atoms with Crippen molar-refractivity contribution < 1.29 is 23.8 Å². The van der Waals surface area contributed by atoms with Gasteiger partial charge < -0.3 is 14.2 Å². The molecule has 0 aromatic heterocycles. The van der Waals surface area contributed by atoms with Crippen LogP contribution in [0.4, 0.5) is 0 Å². The van der Waals surface area contributed by atoms with Crippen molar-refractivity contribution in [2.75, 3.05) is 19.8 Å². The molecule has 0 bridgehead atoms. The molecule has 0 rings (SSSR count). The number of allylic oxidation sites excluding steroid dienone is 12. The second-order valence-corrected chi connectivity index (χ2v) is 15.3. The third-order valence-electron chi connectivity index (χ3n) is 9.71. The molecule has 56 heavy (non-hydrogen) atoms. The normalized spacial score (nSPS) is 12.8. The van der Waals surface area contributed by atoms with Gasteiger partial charge in [0.05, 0.1) is 6.61 Å². The zero-order chi connectivity index (χ0) is 40.7. The van der Waals surface area contributed by atoms with Crippen molar-refractivity contribution in [3.8, 4) is 0 Å². The van der Waals surface area contributed by atoms with Gasteiger partial charge in [-0.15, -0.1) is 0 Å². The maximum absolute atomic E-state index is 12.7. The minimum absolute atomic E-state index is 0.0671. The number of hydrogen-bond acceptors (Lipinski definition) is 5. The van der Waals surface area contributed by atoms with Crippen LogP contribution in [0.15, 0.2) is 72.9 Å². The summed E-state index contributed by atoms with van der Waals surface area (Å²) in [5.41, 5.74) is 0. The maximum Gasteiger partial charge on any atom is 0.306 e. The highest BCUT2D eigenvalue weighted by atomic mass is 16.6. The molecule has 0 saturated carbocycles. The van der Waals surface area contributed by atoms with Crippen LogP contribution in [0.3, 0.4) is 0 Å². The molecular weight excluding hydrogens is 693 g/mol. The van der Waals surface area contributed by atoms with E-state index in [9.17, 15) is 9.59 Å². The van der Waals surface area contributed by atoms with E-state index in [1.54, 1.807) is 0 Å². The summed E-state index contributed by atoms with van der Waals surface area (Å²) in [6.07, 6.45) is 59.0. The summed E-state index contributed by atoms with van der Waals surface area (Å²) in [6, 6.07) is 0. The number of ether oxygens (including phenoxy) is 3. The Morgan fingerprint density at radius 2 is 0.839 bits per heavy atom. The molecule has 1 unspecified atom stereocenters. The molecule has 0 fully saturated rings.